The van der Waals surface area contributed by atoms with Crippen molar-refractivity contribution in [3.63, 3.8) is 0 Å². The van der Waals surface area contributed by atoms with Gasteiger partial charge >= 0.3 is 5.97 Å². The van der Waals surface area contributed by atoms with E-state index in [9.17, 15) is 19.1 Å². The number of nitrogens with zero attached hydrogens (tertiary/aromatic N) is 1. The number of carboxylic acid groups (broad SMARTS) is 1. The van der Waals surface area contributed by atoms with Gasteiger partial charge in [0.1, 0.15) is 11.9 Å². The highest BCUT2D eigenvalue weighted by Crippen LogP contribution is 2.32. The predicted molar refractivity (Wildman–Crippen MR) is 131 cm³/mol. The van der Waals surface area contributed by atoms with Crippen LogP contribution in [0.5, 0.6) is 0 Å². The van der Waals surface area contributed by atoms with E-state index < -0.39 is 17.9 Å². The lowest BCUT2D eigenvalue weighted by Crippen LogP contribution is -2.42. The number of hydrogen-bond acceptors (Lipinski definition) is 5. The molecule has 172 valence electrons. The fourth-order valence-corrected chi connectivity index (χ4v) is 4.33. The number of amides is 1. The summed E-state index contributed by atoms with van der Waals surface area (Å²) < 4.78 is 13.2. The van der Waals surface area contributed by atoms with Gasteiger partial charge in [-0.05, 0) is 55.0 Å². The number of aryl methyl sites for hydroxylation is 1. The first-order chi connectivity index (χ1) is 16.4. The molecule has 0 saturated carbocycles. The van der Waals surface area contributed by atoms with E-state index in [2.05, 4.69) is 15.6 Å². The van der Waals surface area contributed by atoms with Crippen LogP contribution in [0.4, 0.5) is 15.2 Å². The third-order valence-electron chi connectivity index (χ3n) is 5.18. The number of aliphatic carboxylic acids is 1. The van der Waals surface area contributed by atoms with Crippen molar-refractivity contribution in [3.05, 3.63) is 101 Å². The monoisotopic (exact) mass is 475 g/mol. The normalized spacial score (nSPS) is 11.6. The smallest absolute Gasteiger partial charge is 0.326 e. The number of nitrogens with one attached hydrogen (secondary N) is 2. The zero-order chi connectivity index (χ0) is 24.1. The summed E-state index contributed by atoms with van der Waals surface area (Å²) in [6.07, 6.45) is 0.185. The number of benzene rings is 3. The number of thiazole rings is 1. The summed E-state index contributed by atoms with van der Waals surface area (Å²) in [6.45, 7) is 1.93. The van der Waals surface area contributed by atoms with Crippen LogP contribution in [-0.4, -0.2) is 28.0 Å². The summed E-state index contributed by atoms with van der Waals surface area (Å²) in [5.41, 5.74) is 3.36. The molecule has 3 aromatic carbocycles. The maximum Gasteiger partial charge on any atom is 0.326 e. The molecule has 0 spiro atoms. The summed E-state index contributed by atoms with van der Waals surface area (Å²) in [7, 11) is 0. The first-order valence-electron chi connectivity index (χ1n) is 10.6. The zero-order valence-corrected chi connectivity index (χ0v) is 19.1. The molecule has 0 unspecified atom stereocenters. The molecule has 0 aliphatic heterocycles. The van der Waals surface area contributed by atoms with Crippen molar-refractivity contribution in [1.82, 2.24) is 10.3 Å². The van der Waals surface area contributed by atoms with Gasteiger partial charge in [0.2, 0.25) is 0 Å². The van der Waals surface area contributed by atoms with Crippen LogP contribution in [-0.2, 0) is 11.2 Å². The average Bonchev–Trinajstić information content (AvgIpc) is 3.19. The second-order valence-corrected chi connectivity index (χ2v) is 8.89. The van der Waals surface area contributed by atoms with Crippen LogP contribution in [0, 0.1) is 12.7 Å². The minimum Gasteiger partial charge on any atom is -0.480 e. The second-order valence-electron chi connectivity index (χ2n) is 7.69. The molecule has 0 radical (unpaired) electrons. The Kier molecular flexibility index (Phi) is 6.98. The number of carboxylic acids is 1. The van der Waals surface area contributed by atoms with Crippen LogP contribution in [0.1, 0.15) is 20.8 Å². The molecule has 4 rings (SSSR count). The van der Waals surface area contributed by atoms with Gasteiger partial charge in [0.15, 0.2) is 5.13 Å². The highest BCUT2D eigenvalue weighted by molar-refractivity contribution is 7.16. The van der Waals surface area contributed by atoms with Crippen LogP contribution in [0.3, 0.4) is 0 Å². The molecule has 1 aromatic heterocycles. The van der Waals surface area contributed by atoms with Crippen molar-refractivity contribution >= 4 is 34.0 Å². The minimum atomic E-state index is -1.10. The minimum absolute atomic E-state index is 0.185. The van der Waals surface area contributed by atoms with E-state index >= 15 is 0 Å². The van der Waals surface area contributed by atoms with Crippen molar-refractivity contribution in [2.75, 3.05) is 5.32 Å². The highest BCUT2D eigenvalue weighted by Gasteiger charge is 2.21. The maximum atomic E-state index is 13.2. The van der Waals surface area contributed by atoms with Gasteiger partial charge in [-0.15, -0.1) is 11.3 Å². The van der Waals surface area contributed by atoms with Crippen molar-refractivity contribution in [2.24, 2.45) is 0 Å². The summed E-state index contributed by atoms with van der Waals surface area (Å²) in [4.78, 5) is 30.0. The number of hydrogen-bond donors (Lipinski definition) is 3. The Morgan fingerprint density at radius 1 is 1.03 bits per heavy atom. The Morgan fingerprint density at radius 2 is 1.76 bits per heavy atom. The zero-order valence-electron chi connectivity index (χ0n) is 18.3. The molecule has 3 N–H and O–H groups in total. The number of halogens is 1. The Morgan fingerprint density at radius 3 is 2.47 bits per heavy atom. The van der Waals surface area contributed by atoms with Crippen molar-refractivity contribution in [3.8, 4) is 11.3 Å². The van der Waals surface area contributed by atoms with Crippen molar-refractivity contribution in [2.45, 2.75) is 19.4 Å². The van der Waals surface area contributed by atoms with Crippen LogP contribution in [0.25, 0.3) is 11.3 Å². The van der Waals surface area contributed by atoms with Crippen LogP contribution in [0.15, 0.2) is 78.9 Å². The van der Waals surface area contributed by atoms with Gasteiger partial charge in [0, 0.05) is 28.1 Å². The molecular formula is C26H22FN3O3S. The Balaban J connectivity index is 1.47. The molecule has 0 fully saturated rings. The van der Waals surface area contributed by atoms with Gasteiger partial charge in [-0.3, -0.25) is 4.79 Å². The molecule has 34 heavy (non-hydrogen) atoms. The van der Waals surface area contributed by atoms with E-state index in [-0.39, 0.29) is 12.2 Å². The number of anilines is 2. The van der Waals surface area contributed by atoms with Crippen LogP contribution in [0.2, 0.25) is 0 Å². The molecule has 1 heterocycles. The van der Waals surface area contributed by atoms with Crippen molar-refractivity contribution < 1.29 is 19.1 Å². The quantitative estimate of drug-likeness (QED) is 0.316. The molecule has 1 atom stereocenters. The lowest BCUT2D eigenvalue weighted by atomic mass is 10.1. The Bertz CT molecular complexity index is 1310. The first-order valence-corrected chi connectivity index (χ1v) is 11.4. The molecule has 0 aliphatic rings. The molecule has 6 nitrogen and oxygen atoms in total. The van der Waals surface area contributed by atoms with Crippen molar-refractivity contribution in [1.29, 1.82) is 0 Å². The van der Waals surface area contributed by atoms with E-state index in [4.69, 9.17) is 0 Å². The molecular weight excluding hydrogens is 453 g/mol. The average molecular weight is 476 g/mol. The van der Waals surface area contributed by atoms with Gasteiger partial charge in [-0.2, -0.15) is 0 Å². The number of carbonyl (C=O) groups excluding carboxylic acids is 1. The third kappa shape index (κ3) is 5.65. The number of rotatable bonds is 8. The summed E-state index contributed by atoms with van der Waals surface area (Å²) in [5, 5.41) is 16.0. The van der Waals surface area contributed by atoms with E-state index in [1.165, 1.54) is 23.5 Å². The van der Waals surface area contributed by atoms with Gasteiger partial charge in [-0.25, -0.2) is 14.2 Å². The lowest BCUT2D eigenvalue weighted by molar-refractivity contribution is -0.139. The highest BCUT2D eigenvalue weighted by atomic mass is 32.1. The molecule has 8 heteroatoms. The maximum absolute atomic E-state index is 13.2. The van der Waals surface area contributed by atoms with Gasteiger partial charge in [0.25, 0.3) is 5.91 Å². The molecule has 0 saturated heterocycles. The SMILES string of the molecule is Cc1sc(Nc2cccc(C(=O)N[C@@H](Cc3ccccc3)C(=O)O)c2)nc1-c1ccc(F)cc1. The van der Waals surface area contributed by atoms with Gasteiger partial charge in [0.05, 0.1) is 5.69 Å². The van der Waals surface area contributed by atoms with E-state index in [0.717, 1.165) is 21.7 Å². The third-order valence-corrected chi connectivity index (χ3v) is 6.06. The second kappa shape index (κ2) is 10.3. The van der Waals surface area contributed by atoms with Gasteiger partial charge in [-0.1, -0.05) is 36.4 Å². The predicted octanol–water partition coefficient (Wildman–Crippen LogP) is 5.43. The molecule has 0 bridgehead atoms. The van der Waals surface area contributed by atoms with Crippen LogP contribution >= 0.6 is 11.3 Å². The van der Waals surface area contributed by atoms with E-state index in [1.807, 2.05) is 37.3 Å². The van der Waals surface area contributed by atoms with E-state index in [1.54, 1.807) is 36.4 Å². The fourth-order valence-electron chi connectivity index (χ4n) is 3.48. The summed E-state index contributed by atoms with van der Waals surface area (Å²) in [5.74, 6) is -1.88. The Labute approximate surface area is 200 Å². The largest absolute Gasteiger partial charge is 0.480 e. The standard InChI is InChI=1S/C26H22FN3O3S/c1-16-23(18-10-12-20(27)13-11-18)30-26(34-16)28-21-9-5-8-19(15-21)24(31)29-22(25(32)33)14-17-6-3-2-4-7-17/h2-13,15,22H,14H2,1H3,(H,28,30)(H,29,31)(H,32,33)/t22-/m0/s1. The fraction of sp³-hybridized carbons (Fsp3) is 0.115. The molecule has 4 aromatic rings. The molecule has 1 amide bonds. The Hall–Kier alpha value is -4.04. The lowest BCUT2D eigenvalue weighted by Gasteiger charge is -2.15. The number of carbonyl (C=O) groups is 2. The first kappa shape index (κ1) is 23.1. The summed E-state index contributed by atoms with van der Waals surface area (Å²) >= 11 is 1.44. The topological polar surface area (TPSA) is 91.3 Å². The summed E-state index contributed by atoms with van der Waals surface area (Å²) in [6, 6.07) is 21.0. The van der Waals surface area contributed by atoms with E-state index in [0.29, 0.717) is 16.4 Å². The van der Waals surface area contributed by atoms with Crippen LogP contribution < -0.4 is 10.6 Å². The van der Waals surface area contributed by atoms with Gasteiger partial charge < -0.3 is 15.7 Å². The number of aromatic nitrogens is 1. The molecule has 0 aliphatic carbocycles.